The number of fused-ring (bicyclic) bond motifs is 2. The molecule has 5 rings (SSSR count). The molecule has 0 unspecified atom stereocenters. The van der Waals surface area contributed by atoms with E-state index in [0.717, 1.165) is 22.1 Å². The van der Waals surface area contributed by atoms with Crippen LogP contribution in [0.25, 0.3) is 33.0 Å². The zero-order valence-electron chi connectivity index (χ0n) is 19.1. The zero-order chi connectivity index (χ0) is 24.4. The summed E-state index contributed by atoms with van der Waals surface area (Å²) < 4.78 is 5.49. The maximum absolute atomic E-state index is 13.8. The van der Waals surface area contributed by atoms with E-state index in [1.165, 1.54) is 0 Å². The molecule has 2 heterocycles. The second-order valence-corrected chi connectivity index (χ2v) is 10.0. The number of hydrogen-bond acceptors (Lipinski definition) is 3. The molecular formula is C27H22Cl2N2O3. The highest BCUT2D eigenvalue weighted by atomic mass is 35.5. The average molecular weight is 493 g/mol. The van der Waals surface area contributed by atoms with E-state index in [0.29, 0.717) is 22.3 Å². The first-order valence-corrected chi connectivity index (χ1v) is 11.6. The van der Waals surface area contributed by atoms with Crippen molar-refractivity contribution >= 4 is 67.7 Å². The molecule has 2 aromatic heterocycles. The number of aromatic amines is 2. The second-order valence-electron chi connectivity index (χ2n) is 9.29. The molecule has 0 atom stereocenters. The third kappa shape index (κ3) is 3.23. The fraction of sp³-hybridized carbons (Fsp3) is 0.185. The van der Waals surface area contributed by atoms with E-state index >= 15 is 0 Å². The summed E-state index contributed by atoms with van der Waals surface area (Å²) in [6.07, 6.45) is 1.65. The van der Waals surface area contributed by atoms with Gasteiger partial charge in [-0.25, -0.2) is 0 Å². The van der Waals surface area contributed by atoms with Gasteiger partial charge >= 0.3 is 0 Å². The van der Waals surface area contributed by atoms with E-state index < -0.39 is 11.6 Å². The van der Waals surface area contributed by atoms with Gasteiger partial charge in [0.1, 0.15) is 15.8 Å². The SMILES string of the molecule is COc1cccc2[nH]cc(C3=C(Cl)C(=O)C(c4c(C(C)(C)C)[nH]c5ccccc45)=C(Cl)C3=O)c12. The number of para-hydroxylation sites is 1. The largest absolute Gasteiger partial charge is 0.496 e. The van der Waals surface area contributed by atoms with Crippen LogP contribution in [0.4, 0.5) is 0 Å². The molecule has 2 N–H and O–H groups in total. The van der Waals surface area contributed by atoms with Gasteiger partial charge in [-0.1, -0.05) is 68.2 Å². The van der Waals surface area contributed by atoms with Crippen LogP contribution >= 0.6 is 23.2 Å². The van der Waals surface area contributed by atoms with E-state index in [4.69, 9.17) is 27.9 Å². The van der Waals surface area contributed by atoms with Crippen molar-refractivity contribution in [2.45, 2.75) is 26.2 Å². The Bertz CT molecular complexity index is 1580. The van der Waals surface area contributed by atoms with Gasteiger partial charge in [-0.3, -0.25) is 9.59 Å². The fourth-order valence-electron chi connectivity index (χ4n) is 4.59. The molecule has 0 radical (unpaired) electrons. The number of ether oxygens (including phenoxy) is 1. The van der Waals surface area contributed by atoms with Gasteiger partial charge in [0.05, 0.1) is 18.3 Å². The molecule has 0 saturated carbocycles. The quantitative estimate of drug-likeness (QED) is 0.312. The fourth-order valence-corrected chi connectivity index (χ4v) is 5.15. The molecular weight excluding hydrogens is 471 g/mol. The Balaban J connectivity index is 1.77. The van der Waals surface area contributed by atoms with Crippen LogP contribution in [-0.4, -0.2) is 28.6 Å². The summed E-state index contributed by atoms with van der Waals surface area (Å²) in [7, 11) is 1.55. The molecule has 2 aromatic carbocycles. The summed E-state index contributed by atoms with van der Waals surface area (Å²) >= 11 is 13.4. The first kappa shape index (κ1) is 22.5. The monoisotopic (exact) mass is 492 g/mol. The third-order valence-corrected chi connectivity index (χ3v) is 6.88. The Morgan fingerprint density at radius 2 is 1.50 bits per heavy atom. The number of carbonyl (C=O) groups excluding carboxylic acids is 2. The zero-order valence-corrected chi connectivity index (χ0v) is 20.6. The predicted molar refractivity (Wildman–Crippen MR) is 137 cm³/mol. The van der Waals surface area contributed by atoms with Crippen molar-refractivity contribution in [3.05, 3.63) is 75.5 Å². The van der Waals surface area contributed by atoms with E-state index in [-0.39, 0.29) is 26.6 Å². The van der Waals surface area contributed by atoms with Crippen LogP contribution in [0.2, 0.25) is 0 Å². The summed E-state index contributed by atoms with van der Waals surface area (Å²) in [5.74, 6) is -0.428. The molecule has 7 heteroatoms. The Morgan fingerprint density at radius 1 is 0.853 bits per heavy atom. The van der Waals surface area contributed by atoms with Gasteiger partial charge in [-0.15, -0.1) is 0 Å². The lowest BCUT2D eigenvalue weighted by molar-refractivity contribution is -0.113. The first-order valence-electron chi connectivity index (χ1n) is 10.8. The van der Waals surface area contributed by atoms with Crippen LogP contribution in [0.5, 0.6) is 5.75 Å². The lowest BCUT2D eigenvalue weighted by atomic mass is 9.82. The van der Waals surface area contributed by atoms with Crippen molar-refractivity contribution in [2.24, 2.45) is 0 Å². The number of halogens is 2. The van der Waals surface area contributed by atoms with Crippen molar-refractivity contribution in [1.82, 2.24) is 9.97 Å². The van der Waals surface area contributed by atoms with E-state index in [1.807, 2.05) is 57.2 Å². The molecule has 1 aliphatic rings. The maximum atomic E-state index is 13.8. The number of hydrogen-bond donors (Lipinski definition) is 2. The highest BCUT2D eigenvalue weighted by molar-refractivity contribution is 6.68. The minimum atomic E-state index is -0.502. The Hall–Kier alpha value is -3.28. The van der Waals surface area contributed by atoms with Crippen molar-refractivity contribution < 1.29 is 14.3 Å². The van der Waals surface area contributed by atoms with Crippen LogP contribution in [0.3, 0.4) is 0 Å². The number of benzene rings is 2. The van der Waals surface area contributed by atoms with Gasteiger partial charge in [0, 0.05) is 50.2 Å². The maximum Gasteiger partial charge on any atom is 0.207 e. The van der Waals surface area contributed by atoms with E-state index in [2.05, 4.69) is 9.97 Å². The minimum absolute atomic E-state index is 0.0633. The van der Waals surface area contributed by atoms with Crippen LogP contribution < -0.4 is 4.74 Å². The number of allylic oxidation sites excluding steroid dienone is 4. The Morgan fingerprint density at radius 3 is 2.21 bits per heavy atom. The third-order valence-electron chi connectivity index (χ3n) is 6.15. The smallest absolute Gasteiger partial charge is 0.207 e. The number of aromatic nitrogens is 2. The topological polar surface area (TPSA) is 75.0 Å². The standard InChI is InChI=1S/C27H22Cl2N2O3/c1-27(2,3)26-19(13-8-5-6-9-15(13)31-26)21-23(29)24(32)20(22(28)25(21)33)14-12-30-16-10-7-11-17(34-4)18(14)16/h5-12,30-31H,1-4H3. The highest BCUT2D eigenvalue weighted by Crippen LogP contribution is 2.46. The molecule has 0 aliphatic heterocycles. The van der Waals surface area contributed by atoms with Crippen molar-refractivity contribution in [1.29, 1.82) is 0 Å². The lowest BCUT2D eigenvalue weighted by Crippen LogP contribution is -2.21. The van der Waals surface area contributed by atoms with E-state index in [9.17, 15) is 9.59 Å². The van der Waals surface area contributed by atoms with E-state index in [1.54, 1.807) is 19.4 Å². The molecule has 0 spiro atoms. The molecule has 4 aromatic rings. The number of methoxy groups -OCH3 is 1. The summed E-state index contributed by atoms with van der Waals surface area (Å²) in [6, 6.07) is 13.1. The number of Topliss-reactive ketones (excluding diaryl/α,β-unsaturated/α-hetero) is 2. The summed E-state index contributed by atoms with van der Waals surface area (Å²) in [5, 5.41) is 1.16. The van der Waals surface area contributed by atoms with Gasteiger partial charge < -0.3 is 14.7 Å². The molecule has 34 heavy (non-hydrogen) atoms. The number of nitrogens with one attached hydrogen (secondary N) is 2. The Labute approximate surface area is 206 Å². The summed E-state index contributed by atoms with van der Waals surface area (Å²) in [4.78, 5) is 34.0. The van der Waals surface area contributed by atoms with Gasteiger partial charge in [0.2, 0.25) is 11.6 Å². The van der Waals surface area contributed by atoms with Crippen LogP contribution in [-0.2, 0) is 15.0 Å². The molecule has 0 saturated heterocycles. The number of rotatable bonds is 3. The number of H-pyrrole nitrogens is 2. The van der Waals surface area contributed by atoms with Gasteiger partial charge in [-0.05, 0) is 18.2 Å². The minimum Gasteiger partial charge on any atom is -0.496 e. The number of carbonyl (C=O) groups is 2. The van der Waals surface area contributed by atoms with Gasteiger partial charge in [0.15, 0.2) is 0 Å². The molecule has 1 aliphatic carbocycles. The lowest BCUT2D eigenvalue weighted by Gasteiger charge is -2.23. The van der Waals surface area contributed by atoms with Crippen LogP contribution in [0, 0.1) is 0 Å². The van der Waals surface area contributed by atoms with Gasteiger partial charge in [0.25, 0.3) is 0 Å². The predicted octanol–water partition coefficient (Wildman–Crippen LogP) is 6.71. The summed E-state index contributed by atoms with van der Waals surface area (Å²) in [5.41, 5.74) is 3.34. The summed E-state index contributed by atoms with van der Waals surface area (Å²) in [6.45, 7) is 6.10. The molecule has 0 bridgehead atoms. The molecule has 0 amide bonds. The second kappa shape index (κ2) is 7.90. The van der Waals surface area contributed by atoms with Crippen molar-refractivity contribution in [3.8, 4) is 5.75 Å². The van der Waals surface area contributed by atoms with Gasteiger partial charge in [-0.2, -0.15) is 0 Å². The number of ketones is 2. The average Bonchev–Trinajstić information content (AvgIpc) is 3.40. The van der Waals surface area contributed by atoms with Crippen LogP contribution in [0.1, 0.15) is 37.6 Å². The van der Waals surface area contributed by atoms with Crippen LogP contribution in [0.15, 0.2) is 58.7 Å². The van der Waals surface area contributed by atoms with Crippen molar-refractivity contribution in [3.63, 3.8) is 0 Å². The Kier molecular flexibility index (Phi) is 5.23. The normalized spacial score (nSPS) is 15.2. The van der Waals surface area contributed by atoms with Crippen molar-refractivity contribution in [2.75, 3.05) is 7.11 Å². The molecule has 0 fully saturated rings. The molecule has 172 valence electrons. The molecule has 5 nitrogen and oxygen atoms in total. The highest BCUT2D eigenvalue weighted by Gasteiger charge is 2.39. The first-order chi connectivity index (χ1) is 16.1.